The molecule has 0 atom stereocenters. The first-order valence-electron chi connectivity index (χ1n) is 7.73. The van der Waals surface area contributed by atoms with Gasteiger partial charge in [0.25, 0.3) is 5.56 Å². The Balaban J connectivity index is 2.06. The highest BCUT2D eigenvalue weighted by Crippen LogP contribution is 2.68. The third kappa shape index (κ3) is 2.83. The lowest BCUT2D eigenvalue weighted by molar-refractivity contribution is 0.457. The van der Waals surface area contributed by atoms with Crippen molar-refractivity contribution >= 4 is 17.3 Å². The average Bonchev–Trinajstić information content (AvgIpc) is 2.81. The van der Waals surface area contributed by atoms with Crippen LogP contribution in [-0.2, 0) is 6.54 Å². The van der Waals surface area contributed by atoms with Gasteiger partial charge in [0.2, 0.25) is 0 Å². The Morgan fingerprint density at radius 3 is 2.48 bits per heavy atom. The van der Waals surface area contributed by atoms with Crippen LogP contribution < -0.4 is 10.9 Å². The Morgan fingerprint density at radius 1 is 1.33 bits per heavy atom. The van der Waals surface area contributed by atoms with E-state index in [9.17, 15) is 4.79 Å². The van der Waals surface area contributed by atoms with Gasteiger partial charge in [-0.25, -0.2) is 4.68 Å². The molecule has 0 amide bonds. The molecule has 1 saturated carbocycles. The van der Waals surface area contributed by atoms with Crippen molar-refractivity contribution in [1.29, 1.82) is 0 Å². The van der Waals surface area contributed by atoms with E-state index in [1.165, 1.54) is 4.68 Å². The number of hydrogen-bond acceptors (Lipinski definition) is 3. The third-order valence-electron chi connectivity index (χ3n) is 5.52. The Kier molecular flexibility index (Phi) is 4.39. The van der Waals surface area contributed by atoms with E-state index in [2.05, 4.69) is 45.0 Å². The smallest absolute Gasteiger partial charge is 0.287 e. The number of aryl methyl sites for hydroxylation is 1. The molecule has 1 aromatic rings. The number of rotatable bonds is 6. The molecule has 1 aromatic heterocycles. The zero-order valence-electron chi connectivity index (χ0n) is 13.7. The molecule has 21 heavy (non-hydrogen) atoms. The van der Waals surface area contributed by atoms with Crippen LogP contribution in [0.15, 0.2) is 11.0 Å². The summed E-state index contributed by atoms with van der Waals surface area (Å²) in [7, 11) is 0. The van der Waals surface area contributed by atoms with Crippen molar-refractivity contribution in [2.45, 2.75) is 54.0 Å². The van der Waals surface area contributed by atoms with Gasteiger partial charge in [-0.15, -0.1) is 0 Å². The second-order valence-electron chi connectivity index (χ2n) is 7.13. The molecule has 1 aliphatic rings. The molecule has 4 nitrogen and oxygen atoms in total. The quantitative estimate of drug-likeness (QED) is 0.869. The molecule has 0 aliphatic heterocycles. The number of aromatic nitrogens is 2. The van der Waals surface area contributed by atoms with E-state index in [1.54, 1.807) is 6.20 Å². The molecule has 1 aliphatic carbocycles. The first-order valence-corrected chi connectivity index (χ1v) is 8.10. The maximum atomic E-state index is 12.1. The van der Waals surface area contributed by atoms with Crippen LogP contribution in [0.1, 0.15) is 47.5 Å². The summed E-state index contributed by atoms with van der Waals surface area (Å²) >= 11 is 6.19. The highest BCUT2D eigenvalue weighted by molar-refractivity contribution is 6.32. The molecule has 2 rings (SSSR count). The summed E-state index contributed by atoms with van der Waals surface area (Å²) in [6.45, 7) is 12.6. The molecule has 0 aromatic carbocycles. The van der Waals surface area contributed by atoms with E-state index >= 15 is 0 Å². The van der Waals surface area contributed by atoms with Gasteiger partial charge in [-0.1, -0.05) is 52.6 Å². The standard InChI is InChI=1S/C16H26ClN3O/c1-6-7-8-20-14(21)13(17)11(9-19-20)18-10-12-15(2,3)16(12,4)5/h9,12,18H,6-8,10H2,1-5H3. The van der Waals surface area contributed by atoms with Crippen LogP contribution in [0.3, 0.4) is 0 Å². The minimum absolute atomic E-state index is 0.204. The summed E-state index contributed by atoms with van der Waals surface area (Å²) in [6, 6.07) is 0. The highest BCUT2D eigenvalue weighted by atomic mass is 35.5. The molecule has 5 heteroatoms. The summed E-state index contributed by atoms with van der Waals surface area (Å²) in [5.74, 6) is 0.573. The predicted molar refractivity (Wildman–Crippen MR) is 88.0 cm³/mol. The molecule has 0 radical (unpaired) electrons. The zero-order chi connectivity index (χ0) is 15.8. The number of hydrogen-bond donors (Lipinski definition) is 1. The molecule has 1 N–H and O–H groups in total. The Morgan fingerprint density at radius 2 is 1.95 bits per heavy atom. The molecule has 1 fully saturated rings. The Bertz CT molecular complexity index is 563. The van der Waals surface area contributed by atoms with Gasteiger partial charge >= 0.3 is 0 Å². The minimum atomic E-state index is -0.204. The third-order valence-corrected chi connectivity index (χ3v) is 5.89. The summed E-state index contributed by atoms with van der Waals surface area (Å²) in [5, 5.41) is 7.75. The lowest BCUT2D eigenvalue weighted by Crippen LogP contribution is -2.24. The van der Waals surface area contributed by atoms with Gasteiger partial charge < -0.3 is 5.32 Å². The van der Waals surface area contributed by atoms with Crippen molar-refractivity contribution in [3.05, 3.63) is 21.6 Å². The summed E-state index contributed by atoms with van der Waals surface area (Å²) in [6.07, 6.45) is 3.62. The second-order valence-corrected chi connectivity index (χ2v) is 7.51. The SMILES string of the molecule is CCCCn1ncc(NCC2C(C)(C)C2(C)C)c(Cl)c1=O. The maximum absolute atomic E-state index is 12.1. The molecular formula is C16H26ClN3O. The average molecular weight is 312 g/mol. The van der Waals surface area contributed by atoms with Crippen LogP contribution in [0.2, 0.25) is 5.02 Å². The maximum Gasteiger partial charge on any atom is 0.287 e. The fraction of sp³-hybridized carbons (Fsp3) is 0.750. The lowest BCUT2D eigenvalue weighted by atomic mass is 10.0. The summed E-state index contributed by atoms with van der Waals surface area (Å²) in [5.41, 5.74) is 1.07. The molecule has 0 saturated heterocycles. The fourth-order valence-corrected chi connectivity index (χ4v) is 3.32. The molecule has 118 valence electrons. The van der Waals surface area contributed by atoms with E-state index in [0.29, 0.717) is 29.0 Å². The van der Waals surface area contributed by atoms with Gasteiger partial charge in [0.1, 0.15) is 5.02 Å². The Labute approximate surface area is 131 Å². The van der Waals surface area contributed by atoms with Gasteiger partial charge in [-0.3, -0.25) is 4.79 Å². The van der Waals surface area contributed by atoms with E-state index in [0.717, 1.165) is 19.4 Å². The van der Waals surface area contributed by atoms with Crippen molar-refractivity contribution < 1.29 is 0 Å². The van der Waals surface area contributed by atoms with Crippen molar-refractivity contribution in [3.8, 4) is 0 Å². The van der Waals surface area contributed by atoms with Crippen LogP contribution in [0, 0.1) is 16.7 Å². The van der Waals surface area contributed by atoms with Gasteiger partial charge in [0.05, 0.1) is 11.9 Å². The number of nitrogens with zero attached hydrogens (tertiary/aromatic N) is 2. The summed E-state index contributed by atoms with van der Waals surface area (Å²) < 4.78 is 1.45. The van der Waals surface area contributed by atoms with Crippen molar-refractivity contribution in [2.75, 3.05) is 11.9 Å². The minimum Gasteiger partial charge on any atom is -0.382 e. The van der Waals surface area contributed by atoms with Gasteiger partial charge in [-0.05, 0) is 23.2 Å². The first kappa shape index (κ1) is 16.3. The van der Waals surface area contributed by atoms with Crippen LogP contribution >= 0.6 is 11.6 Å². The molecule has 1 heterocycles. The molecule has 0 bridgehead atoms. The first-order chi connectivity index (χ1) is 9.73. The van der Waals surface area contributed by atoms with Crippen LogP contribution in [0.25, 0.3) is 0 Å². The molecule has 0 unspecified atom stereocenters. The second kappa shape index (κ2) is 5.64. The predicted octanol–water partition coefficient (Wildman–Crippen LogP) is 3.79. The van der Waals surface area contributed by atoms with Gasteiger partial charge in [0, 0.05) is 13.1 Å². The van der Waals surface area contributed by atoms with Gasteiger partial charge in [0.15, 0.2) is 0 Å². The topological polar surface area (TPSA) is 46.9 Å². The van der Waals surface area contributed by atoms with Crippen molar-refractivity contribution in [2.24, 2.45) is 16.7 Å². The highest BCUT2D eigenvalue weighted by Gasteiger charge is 2.64. The molecular weight excluding hydrogens is 286 g/mol. The van der Waals surface area contributed by atoms with Crippen LogP contribution in [0.4, 0.5) is 5.69 Å². The number of nitrogens with one attached hydrogen (secondary N) is 1. The molecule has 0 spiro atoms. The van der Waals surface area contributed by atoms with E-state index in [1.807, 2.05) is 0 Å². The van der Waals surface area contributed by atoms with E-state index in [-0.39, 0.29) is 10.6 Å². The lowest BCUT2D eigenvalue weighted by Gasteiger charge is -2.11. The largest absolute Gasteiger partial charge is 0.382 e. The van der Waals surface area contributed by atoms with Crippen LogP contribution in [0.5, 0.6) is 0 Å². The normalized spacial score (nSPS) is 19.5. The zero-order valence-corrected chi connectivity index (χ0v) is 14.4. The van der Waals surface area contributed by atoms with Crippen LogP contribution in [-0.4, -0.2) is 16.3 Å². The van der Waals surface area contributed by atoms with Crippen molar-refractivity contribution in [3.63, 3.8) is 0 Å². The monoisotopic (exact) mass is 311 g/mol. The summed E-state index contributed by atoms with van der Waals surface area (Å²) in [4.78, 5) is 12.1. The number of halogens is 1. The Hall–Kier alpha value is -1.03. The van der Waals surface area contributed by atoms with Crippen molar-refractivity contribution in [1.82, 2.24) is 9.78 Å². The van der Waals surface area contributed by atoms with E-state index in [4.69, 9.17) is 11.6 Å². The van der Waals surface area contributed by atoms with Gasteiger partial charge in [-0.2, -0.15) is 5.10 Å². The van der Waals surface area contributed by atoms with E-state index < -0.39 is 0 Å². The number of unbranched alkanes of at least 4 members (excludes halogenated alkanes) is 1. The fourth-order valence-electron chi connectivity index (χ4n) is 3.11. The number of anilines is 1.